The zero-order valence-corrected chi connectivity index (χ0v) is 14.7. The Bertz CT molecular complexity index is 537. The van der Waals surface area contributed by atoms with Crippen LogP contribution in [-0.4, -0.2) is 58.2 Å². The van der Waals surface area contributed by atoms with Gasteiger partial charge in [0.05, 0.1) is 11.8 Å². The molecule has 1 aromatic rings. The second-order valence-electron chi connectivity index (χ2n) is 7.49. The minimum absolute atomic E-state index is 0.102. The van der Waals surface area contributed by atoms with Gasteiger partial charge in [-0.2, -0.15) is 5.10 Å². The lowest BCUT2D eigenvalue weighted by atomic mass is 9.83. The Morgan fingerprint density at radius 2 is 2.09 bits per heavy atom. The van der Waals surface area contributed by atoms with Crippen LogP contribution in [-0.2, 0) is 0 Å². The lowest BCUT2D eigenvalue weighted by Crippen LogP contribution is -2.51. The van der Waals surface area contributed by atoms with E-state index in [0.717, 1.165) is 6.54 Å². The Labute approximate surface area is 139 Å². The molecule has 2 fully saturated rings. The highest BCUT2D eigenvalue weighted by molar-refractivity contribution is 5.93. The van der Waals surface area contributed by atoms with Gasteiger partial charge in [0.15, 0.2) is 0 Å². The number of aromatic nitrogens is 2. The molecule has 23 heavy (non-hydrogen) atoms. The van der Waals surface area contributed by atoms with Crippen LogP contribution in [0.25, 0.3) is 0 Å². The highest BCUT2D eigenvalue weighted by atomic mass is 16.2. The summed E-state index contributed by atoms with van der Waals surface area (Å²) in [6.45, 7) is 7.52. The van der Waals surface area contributed by atoms with Gasteiger partial charge < -0.3 is 9.80 Å². The summed E-state index contributed by atoms with van der Waals surface area (Å²) in [4.78, 5) is 17.2. The Morgan fingerprint density at radius 3 is 2.83 bits per heavy atom. The van der Waals surface area contributed by atoms with Crippen molar-refractivity contribution in [3.8, 4) is 0 Å². The molecule has 1 aromatic heterocycles. The Morgan fingerprint density at radius 1 is 1.30 bits per heavy atom. The van der Waals surface area contributed by atoms with Gasteiger partial charge in [-0.3, -0.25) is 9.48 Å². The van der Waals surface area contributed by atoms with E-state index in [1.54, 1.807) is 6.20 Å². The number of hydrogen-bond acceptors (Lipinski definition) is 3. The van der Waals surface area contributed by atoms with Gasteiger partial charge in [-0.05, 0) is 58.5 Å². The van der Waals surface area contributed by atoms with Crippen molar-refractivity contribution < 1.29 is 4.79 Å². The fraction of sp³-hybridized carbons (Fsp3) is 0.778. The van der Waals surface area contributed by atoms with E-state index >= 15 is 0 Å². The summed E-state index contributed by atoms with van der Waals surface area (Å²) in [6.07, 6.45) is 10.1. The van der Waals surface area contributed by atoms with Crippen LogP contribution in [0.3, 0.4) is 0 Å². The molecule has 2 saturated heterocycles. The molecule has 0 unspecified atom stereocenters. The molecule has 0 bridgehead atoms. The summed E-state index contributed by atoms with van der Waals surface area (Å²) in [5.74, 6) is 0.725. The second kappa shape index (κ2) is 7.04. The number of fused-ring (bicyclic) bond motifs is 1. The third kappa shape index (κ3) is 3.60. The molecule has 0 radical (unpaired) electrons. The maximum Gasteiger partial charge on any atom is 0.256 e. The topological polar surface area (TPSA) is 41.4 Å². The molecule has 0 N–H and O–H groups in total. The van der Waals surface area contributed by atoms with Gasteiger partial charge in [0.1, 0.15) is 0 Å². The molecule has 128 valence electrons. The van der Waals surface area contributed by atoms with E-state index in [-0.39, 0.29) is 11.9 Å². The zero-order chi connectivity index (χ0) is 16.4. The molecule has 0 saturated carbocycles. The fourth-order valence-corrected chi connectivity index (χ4v) is 4.18. The molecule has 5 heteroatoms. The number of rotatable bonds is 4. The monoisotopic (exact) mass is 318 g/mol. The summed E-state index contributed by atoms with van der Waals surface area (Å²) >= 11 is 0. The van der Waals surface area contributed by atoms with Crippen LogP contribution in [0.4, 0.5) is 0 Å². The SMILES string of the molecule is CC(C)n1cc(C(=O)N(C)C[C@@H]2CCCN3CCCC[C@@H]23)cn1. The average molecular weight is 318 g/mol. The summed E-state index contributed by atoms with van der Waals surface area (Å²) in [7, 11) is 1.94. The lowest BCUT2D eigenvalue weighted by molar-refractivity contribution is 0.0403. The third-order valence-corrected chi connectivity index (χ3v) is 5.46. The number of nitrogens with zero attached hydrogens (tertiary/aromatic N) is 4. The van der Waals surface area contributed by atoms with Crippen LogP contribution in [0, 0.1) is 5.92 Å². The van der Waals surface area contributed by atoms with E-state index in [2.05, 4.69) is 23.8 Å². The lowest BCUT2D eigenvalue weighted by Gasteiger charge is -2.45. The average Bonchev–Trinajstić information content (AvgIpc) is 3.04. The number of piperidine rings is 2. The van der Waals surface area contributed by atoms with E-state index in [0.29, 0.717) is 17.5 Å². The van der Waals surface area contributed by atoms with Crippen LogP contribution >= 0.6 is 0 Å². The van der Waals surface area contributed by atoms with Crippen molar-refractivity contribution in [2.24, 2.45) is 5.92 Å². The Hall–Kier alpha value is -1.36. The quantitative estimate of drug-likeness (QED) is 0.857. The van der Waals surface area contributed by atoms with Crippen molar-refractivity contribution in [3.05, 3.63) is 18.0 Å². The summed E-state index contributed by atoms with van der Waals surface area (Å²) in [6, 6.07) is 0.974. The molecule has 3 rings (SSSR count). The van der Waals surface area contributed by atoms with E-state index in [1.165, 1.54) is 45.2 Å². The molecule has 0 aromatic carbocycles. The molecular formula is C18H30N4O. The van der Waals surface area contributed by atoms with Crippen molar-refractivity contribution in [1.29, 1.82) is 0 Å². The van der Waals surface area contributed by atoms with Gasteiger partial charge >= 0.3 is 0 Å². The number of hydrogen-bond donors (Lipinski definition) is 0. The molecular weight excluding hydrogens is 288 g/mol. The molecule has 2 aliphatic rings. The minimum Gasteiger partial charge on any atom is -0.341 e. The zero-order valence-electron chi connectivity index (χ0n) is 14.7. The maximum atomic E-state index is 12.7. The van der Waals surface area contributed by atoms with Crippen LogP contribution in [0.1, 0.15) is 62.4 Å². The molecule has 5 nitrogen and oxygen atoms in total. The summed E-state index contributed by atoms with van der Waals surface area (Å²) in [5, 5.41) is 4.29. The summed E-state index contributed by atoms with van der Waals surface area (Å²) < 4.78 is 1.85. The third-order valence-electron chi connectivity index (χ3n) is 5.46. The van der Waals surface area contributed by atoms with Crippen LogP contribution in [0.5, 0.6) is 0 Å². The number of amides is 1. The molecule has 0 spiro atoms. The fourth-order valence-electron chi connectivity index (χ4n) is 4.18. The first-order valence-electron chi connectivity index (χ1n) is 9.10. The number of carbonyl (C=O) groups excluding carboxylic acids is 1. The Balaban J connectivity index is 1.63. The smallest absolute Gasteiger partial charge is 0.256 e. The van der Waals surface area contributed by atoms with Crippen LogP contribution < -0.4 is 0 Å². The van der Waals surface area contributed by atoms with E-state index in [1.807, 2.05) is 22.8 Å². The number of carbonyl (C=O) groups is 1. The van der Waals surface area contributed by atoms with Crippen molar-refractivity contribution >= 4 is 5.91 Å². The highest BCUT2D eigenvalue weighted by Gasteiger charge is 2.34. The minimum atomic E-state index is 0.102. The van der Waals surface area contributed by atoms with E-state index in [9.17, 15) is 4.79 Å². The summed E-state index contributed by atoms with van der Waals surface area (Å²) in [5.41, 5.74) is 0.706. The predicted octanol–water partition coefficient (Wildman–Crippen LogP) is 2.80. The first-order chi connectivity index (χ1) is 11.1. The maximum absolute atomic E-state index is 12.7. The first-order valence-corrected chi connectivity index (χ1v) is 9.10. The van der Waals surface area contributed by atoms with Gasteiger partial charge in [0.2, 0.25) is 0 Å². The molecule has 0 aliphatic carbocycles. The Kier molecular flexibility index (Phi) is 5.05. The van der Waals surface area contributed by atoms with Gasteiger partial charge in [-0.25, -0.2) is 0 Å². The largest absolute Gasteiger partial charge is 0.341 e. The van der Waals surface area contributed by atoms with Crippen LogP contribution in [0.2, 0.25) is 0 Å². The van der Waals surface area contributed by atoms with Gasteiger partial charge in [0, 0.05) is 31.9 Å². The predicted molar refractivity (Wildman–Crippen MR) is 91.5 cm³/mol. The van der Waals surface area contributed by atoms with Crippen molar-refractivity contribution in [3.63, 3.8) is 0 Å². The standard InChI is InChI=1S/C18H30N4O/c1-14(2)22-13-16(11-19-22)18(23)20(3)12-15-7-6-10-21-9-5-4-8-17(15)21/h11,13-15,17H,4-10,12H2,1-3H3/t15-,17-/m0/s1. The van der Waals surface area contributed by atoms with Crippen molar-refractivity contribution in [2.45, 2.75) is 58.0 Å². The highest BCUT2D eigenvalue weighted by Crippen LogP contribution is 2.31. The molecule has 1 amide bonds. The second-order valence-corrected chi connectivity index (χ2v) is 7.49. The van der Waals surface area contributed by atoms with Crippen LogP contribution in [0.15, 0.2) is 12.4 Å². The van der Waals surface area contributed by atoms with Gasteiger partial charge in [-0.15, -0.1) is 0 Å². The van der Waals surface area contributed by atoms with Crippen molar-refractivity contribution in [2.75, 3.05) is 26.7 Å². The van der Waals surface area contributed by atoms with Gasteiger partial charge in [0.25, 0.3) is 5.91 Å². The normalized spacial score (nSPS) is 25.4. The van der Waals surface area contributed by atoms with E-state index < -0.39 is 0 Å². The molecule has 2 aliphatic heterocycles. The molecule has 3 heterocycles. The van der Waals surface area contributed by atoms with Crippen molar-refractivity contribution in [1.82, 2.24) is 19.6 Å². The van der Waals surface area contributed by atoms with E-state index in [4.69, 9.17) is 0 Å². The molecule has 2 atom stereocenters. The van der Waals surface area contributed by atoms with Gasteiger partial charge in [-0.1, -0.05) is 6.42 Å². The first kappa shape index (κ1) is 16.5.